The van der Waals surface area contributed by atoms with E-state index < -0.39 is 0 Å². The minimum Gasteiger partial charge on any atom is -0.444 e. The van der Waals surface area contributed by atoms with Gasteiger partial charge in [-0.3, -0.25) is 9.69 Å². The van der Waals surface area contributed by atoms with Gasteiger partial charge >= 0.3 is 0 Å². The molecule has 0 saturated carbocycles. The maximum Gasteiger partial charge on any atom is 0.221 e. The van der Waals surface area contributed by atoms with Gasteiger partial charge in [-0.15, -0.1) is 0 Å². The fourth-order valence-electron chi connectivity index (χ4n) is 2.54. The summed E-state index contributed by atoms with van der Waals surface area (Å²) in [5.74, 6) is 1.35. The summed E-state index contributed by atoms with van der Waals surface area (Å²) in [6, 6.07) is 0.426. The average Bonchev–Trinajstić information content (AvgIpc) is 2.80. The highest BCUT2D eigenvalue weighted by Gasteiger charge is 2.29. The molecule has 2 atom stereocenters. The molecule has 1 fully saturated rings. The molecule has 2 N–H and O–H groups in total. The van der Waals surface area contributed by atoms with Crippen molar-refractivity contribution in [3.63, 3.8) is 0 Å². The second-order valence-electron chi connectivity index (χ2n) is 6.82. The van der Waals surface area contributed by atoms with Gasteiger partial charge in [0.1, 0.15) is 5.76 Å². The van der Waals surface area contributed by atoms with Crippen LogP contribution in [0.2, 0.25) is 0 Å². The molecule has 5 heteroatoms. The van der Waals surface area contributed by atoms with E-state index in [4.69, 9.17) is 10.2 Å². The molecule has 1 aliphatic rings. The van der Waals surface area contributed by atoms with Crippen molar-refractivity contribution in [3.8, 4) is 0 Å². The molecule has 2 heterocycles. The van der Waals surface area contributed by atoms with Gasteiger partial charge < -0.3 is 10.2 Å². The Hall–Kier alpha value is -1.36. The Balaban J connectivity index is 2.04. The highest BCUT2D eigenvalue weighted by atomic mass is 16.4. The summed E-state index contributed by atoms with van der Waals surface area (Å²) in [5, 5.41) is 0. The van der Waals surface area contributed by atoms with E-state index in [1.54, 1.807) is 6.20 Å². The molecule has 20 heavy (non-hydrogen) atoms. The van der Waals surface area contributed by atoms with Gasteiger partial charge in [0.2, 0.25) is 11.8 Å². The first-order chi connectivity index (χ1) is 9.27. The van der Waals surface area contributed by atoms with E-state index in [0.29, 0.717) is 25.0 Å². The van der Waals surface area contributed by atoms with Crippen molar-refractivity contribution in [3.05, 3.63) is 17.8 Å². The lowest BCUT2D eigenvalue weighted by molar-refractivity contribution is -0.124. The Morgan fingerprint density at radius 1 is 1.50 bits per heavy atom. The average molecular weight is 279 g/mol. The first kappa shape index (κ1) is 15.0. The first-order valence-corrected chi connectivity index (χ1v) is 7.26. The molecule has 1 aliphatic heterocycles. The molecular weight excluding hydrogens is 254 g/mol. The number of nitrogens with two attached hydrogens (primary N) is 1. The zero-order chi connectivity index (χ0) is 14.9. The number of nitrogens with zero attached hydrogens (tertiary/aromatic N) is 2. The van der Waals surface area contributed by atoms with Gasteiger partial charge in [0.15, 0.2) is 0 Å². The van der Waals surface area contributed by atoms with E-state index in [0.717, 1.165) is 18.6 Å². The zero-order valence-electron chi connectivity index (χ0n) is 12.8. The molecule has 2 rings (SSSR count). The monoisotopic (exact) mass is 279 g/mol. The van der Waals surface area contributed by atoms with E-state index in [-0.39, 0.29) is 17.2 Å². The lowest BCUT2D eigenvalue weighted by Crippen LogP contribution is -2.45. The fourth-order valence-corrected chi connectivity index (χ4v) is 2.54. The number of amides is 1. The number of piperidine rings is 1. The SMILES string of the molecule is C[C@H]1CC[C@@H](C(N)=O)CN1Cc1ncc(C(C)(C)C)o1. The van der Waals surface area contributed by atoms with E-state index in [1.165, 1.54) is 0 Å². The summed E-state index contributed by atoms with van der Waals surface area (Å²) in [5.41, 5.74) is 5.39. The molecule has 1 saturated heterocycles. The lowest BCUT2D eigenvalue weighted by atomic mass is 9.93. The Bertz CT molecular complexity index is 476. The van der Waals surface area contributed by atoms with Crippen LogP contribution in [0, 0.1) is 5.92 Å². The number of hydrogen-bond donors (Lipinski definition) is 1. The second-order valence-corrected chi connectivity index (χ2v) is 6.82. The van der Waals surface area contributed by atoms with Gasteiger partial charge in [-0.2, -0.15) is 0 Å². The molecule has 112 valence electrons. The third-order valence-electron chi connectivity index (χ3n) is 4.04. The van der Waals surface area contributed by atoms with Crippen LogP contribution >= 0.6 is 0 Å². The van der Waals surface area contributed by atoms with Crippen LogP contribution in [0.1, 0.15) is 52.2 Å². The summed E-state index contributed by atoms with van der Waals surface area (Å²) < 4.78 is 5.83. The molecule has 0 unspecified atom stereocenters. The van der Waals surface area contributed by atoms with Crippen molar-refractivity contribution in [2.24, 2.45) is 11.7 Å². The van der Waals surface area contributed by atoms with E-state index >= 15 is 0 Å². The van der Waals surface area contributed by atoms with Crippen LogP contribution in [-0.4, -0.2) is 28.4 Å². The number of oxazole rings is 1. The van der Waals surface area contributed by atoms with Crippen LogP contribution in [0.4, 0.5) is 0 Å². The van der Waals surface area contributed by atoms with Gasteiger partial charge in [0, 0.05) is 18.0 Å². The maximum absolute atomic E-state index is 11.4. The number of carbonyl (C=O) groups excluding carboxylic acids is 1. The maximum atomic E-state index is 11.4. The smallest absolute Gasteiger partial charge is 0.221 e. The molecular formula is C15H25N3O2. The van der Waals surface area contributed by atoms with Crippen molar-refractivity contribution in [1.29, 1.82) is 0 Å². The van der Waals surface area contributed by atoms with E-state index in [2.05, 4.69) is 37.6 Å². The molecule has 0 bridgehead atoms. The fraction of sp³-hybridized carbons (Fsp3) is 0.733. The minimum absolute atomic E-state index is 0.0332. The minimum atomic E-state index is -0.204. The van der Waals surface area contributed by atoms with Crippen LogP contribution in [0.5, 0.6) is 0 Å². The predicted molar refractivity (Wildman–Crippen MR) is 77.0 cm³/mol. The van der Waals surface area contributed by atoms with Gasteiger partial charge in [-0.1, -0.05) is 20.8 Å². The van der Waals surface area contributed by atoms with Crippen LogP contribution < -0.4 is 5.73 Å². The third-order valence-corrected chi connectivity index (χ3v) is 4.04. The van der Waals surface area contributed by atoms with Crippen LogP contribution in [0.15, 0.2) is 10.6 Å². The number of aromatic nitrogens is 1. The Morgan fingerprint density at radius 2 is 2.20 bits per heavy atom. The predicted octanol–water partition coefficient (Wildman–Crippen LogP) is 2.06. The van der Waals surface area contributed by atoms with E-state index in [9.17, 15) is 4.79 Å². The van der Waals surface area contributed by atoms with Crippen molar-refractivity contribution in [2.45, 2.75) is 58.5 Å². The first-order valence-electron chi connectivity index (χ1n) is 7.26. The Morgan fingerprint density at radius 3 is 2.75 bits per heavy atom. The summed E-state index contributed by atoms with van der Waals surface area (Å²) in [6.45, 7) is 9.81. The molecule has 5 nitrogen and oxygen atoms in total. The highest BCUT2D eigenvalue weighted by molar-refractivity contribution is 5.76. The van der Waals surface area contributed by atoms with Crippen molar-refractivity contribution in [1.82, 2.24) is 9.88 Å². The Labute approximate surface area is 120 Å². The van der Waals surface area contributed by atoms with Crippen molar-refractivity contribution < 1.29 is 9.21 Å². The number of primary amides is 1. The lowest BCUT2D eigenvalue weighted by Gasteiger charge is -2.35. The van der Waals surface area contributed by atoms with Crippen LogP contribution in [0.25, 0.3) is 0 Å². The van der Waals surface area contributed by atoms with Crippen LogP contribution in [-0.2, 0) is 16.8 Å². The van der Waals surface area contributed by atoms with Gasteiger partial charge in [0.05, 0.1) is 18.7 Å². The van der Waals surface area contributed by atoms with Gasteiger partial charge in [0.25, 0.3) is 0 Å². The van der Waals surface area contributed by atoms with E-state index in [1.807, 2.05) is 0 Å². The molecule has 0 aliphatic carbocycles. The van der Waals surface area contributed by atoms with Gasteiger partial charge in [-0.05, 0) is 19.8 Å². The van der Waals surface area contributed by atoms with Crippen molar-refractivity contribution >= 4 is 5.91 Å². The quantitative estimate of drug-likeness (QED) is 0.919. The van der Waals surface area contributed by atoms with Gasteiger partial charge in [-0.25, -0.2) is 4.98 Å². The molecule has 0 aromatic carbocycles. The normalized spacial score (nSPS) is 24.8. The summed E-state index contributed by atoms with van der Waals surface area (Å²) in [4.78, 5) is 17.9. The molecule has 1 amide bonds. The largest absolute Gasteiger partial charge is 0.444 e. The molecule has 0 radical (unpaired) electrons. The molecule has 1 aromatic heterocycles. The summed E-state index contributed by atoms with van der Waals surface area (Å²) >= 11 is 0. The Kier molecular flexibility index (Phi) is 4.18. The summed E-state index contributed by atoms with van der Waals surface area (Å²) in [6.07, 6.45) is 3.67. The van der Waals surface area contributed by atoms with Crippen LogP contribution in [0.3, 0.4) is 0 Å². The zero-order valence-corrected chi connectivity index (χ0v) is 12.8. The third kappa shape index (κ3) is 3.39. The highest BCUT2D eigenvalue weighted by Crippen LogP contribution is 2.26. The number of carbonyl (C=O) groups is 1. The number of rotatable bonds is 3. The number of likely N-dealkylation sites (tertiary alicyclic amines) is 1. The number of hydrogen-bond acceptors (Lipinski definition) is 4. The molecule has 0 spiro atoms. The molecule has 1 aromatic rings. The second kappa shape index (κ2) is 5.56. The van der Waals surface area contributed by atoms with Crippen molar-refractivity contribution in [2.75, 3.05) is 6.54 Å². The standard InChI is InChI=1S/C15H25N3O2/c1-10-5-6-11(14(16)19)8-18(10)9-13-17-7-12(20-13)15(2,3)4/h7,10-11H,5-6,8-9H2,1-4H3,(H2,16,19)/t10-,11+/m0/s1. The summed E-state index contributed by atoms with van der Waals surface area (Å²) in [7, 11) is 0. The topological polar surface area (TPSA) is 72.4 Å².